The molecule has 1 heterocycles. The first kappa shape index (κ1) is 8.75. The van der Waals surface area contributed by atoms with Gasteiger partial charge in [-0.2, -0.15) is 0 Å². The van der Waals surface area contributed by atoms with Crippen molar-refractivity contribution in [3.8, 4) is 11.3 Å². The number of aromatic nitrogens is 2. The molecule has 0 aliphatic rings. The van der Waals surface area contributed by atoms with Crippen LogP contribution in [0.15, 0.2) is 43.2 Å². The molecule has 0 saturated heterocycles. The van der Waals surface area contributed by atoms with E-state index in [1.54, 1.807) is 12.4 Å². The molecule has 1 aromatic heterocycles. The van der Waals surface area contributed by atoms with Gasteiger partial charge in [-0.1, -0.05) is 36.9 Å². The van der Waals surface area contributed by atoms with E-state index >= 15 is 0 Å². The summed E-state index contributed by atoms with van der Waals surface area (Å²) >= 11 is 0. The van der Waals surface area contributed by atoms with Crippen molar-refractivity contribution in [2.24, 2.45) is 7.05 Å². The van der Waals surface area contributed by atoms with Crippen molar-refractivity contribution < 1.29 is 0 Å². The first-order valence-electron chi connectivity index (χ1n) is 4.52. The van der Waals surface area contributed by atoms with Gasteiger partial charge in [-0.25, -0.2) is 4.98 Å². The number of rotatable bonds is 2. The molecule has 1 aromatic carbocycles. The van der Waals surface area contributed by atoms with Crippen LogP contribution >= 0.6 is 0 Å². The average molecular weight is 184 g/mol. The first-order valence-corrected chi connectivity index (χ1v) is 4.52. The van der Waals surface area contributed by atoms with Gasteiger partial charge < -0.3 is 4.57 Å². The number of nitrogens with zero attached hydrogens (tertiary/aromatic N) is 2. The zero-order valence-electron chi connectivity index (χ0n) is 8.14. The summed E-state index contributed by atoms with van der Waals surface area (Å²) in [5.41, 5.74) is 3.21. The Morgan fingerprint density at radius 1 is 1.29 bits per heavy atom. The van der Waals surface area contributed by atoms with Crippen LogP contribution in [0.4, 0.5) is 0 Å². The summed E-state index contributed by atoms with van der Waals surface area (Å²) in [4.78, 5) is 4.26. The van der Waals surface area contributed by atoms with Crippen molar-refractivity contribution in [3.05, 3.63) is 48.9 Å². The molecule has 0 spiro atoms. The van der Waals surface area contributed by atoms with Crippen LogP contribution in [0.1, 0.15) is 5.69 Å². The molecule has 0 fully saturated rings. The number of hydrogen-bond acceptors (Lipinski definition) is 1. The Morgan fingerprint density at radius 2 is 2.00 bits per heavy atom. The zero-order chi connectivity index (χ0) is 9.97. The van der Waals surface area contributed by atoms with Gasteiger partial charge in [0.1, 0.15) is 0 Å². The third-order valence-electron chi connectivity index (χ3n) is 2.21. The van der Waals surface area contributed by atoms with Gasteiger partial charge in [0.15, 0.2) is 0 Å². The maximum Gasteiger partial charge on any atom is 0.0955 e. The van der Waals surface area contributed by atoms with E-state index in [9.17, 15) is 0 Å². The van der Waals surface area contributed by atoms with Crippen LogP contribution in [0.2, 0.25) is 0 Å². The molecule has 0 atom stereocenters. The second-order valence-corrected chi connectivity index (χ2v) is 3.16. The Labute approximate surface area is 83.5 Å². The van der Waals surface area contributed by atoms with Gasteiger partial charge in [-0.15, -0.1) is 0 Å². The number of benzene rings is 1. The van der Waals surface area contributed by atoms with Gasteiger partial charge in [-0.05, 0) is 6.08 Å². The van der Waals surface area contributed by atoms with E-state index in [0.717, 1.165) is 11.4 Å². The van der Waals surface area contributed by atoms with E-state index in [-0.39, 0.29) is 0 Å². The van der Waals surface area contributed by atoms with Gasteiger partial charge in [0.25, 0.3) is 0 Å². The molecule has 0 unspecified atom stereocenters. The fraction of sp³-hybridized carbons (Fsp3) is 0.0833. The maximum atomic E-state index is 4.26. The first-order chi connectivity index (χ1) is 6.83. The fourth-order valence-corrected chi connectivity index (χ4v) is 1.55. The molecular formula is C12H12N2. The Bertz CT molecular complexity index is 441. The van der Waals surface area contributed by atoms with Gasteiger partial charge in [0.2, 0.25) is 0 Å². The highest BCUT2D eigenvalue weighted by molar-refractivity contribution is 5.69. The molecule has 70 valence electrons. The molecule has 0 amide bonds. The second kappa shape index (κ2) is 3.50. The fourth-order valence-electron chi connectivity index (χ4n) is 1.55. The van der Waals surface area contributed by atoms with Crippen molar-refractivity contribution in [2.75, 3.05) is 0 Å². The Hall–Kier alpha value is -1.83. The lowest BCUT2D eigenvalue weighted by molar-refractivity contribution is 0.921. The van der Waals surface area contributed by atoms with Crippen molar-refractivity contribution in [3.63, 3.8) is 0 Å². The monoisotopic (exact) mass is 184 g/mol. The van der Waals surface area contributed by atoms with E-state index in [4.69, 9.17) is 0 Å². The SMILES string of the molecule is C=Cc1ncn(C)c1-c1ccccc1. The topological polar surface area (TPSA) is 17.8 Å². The predicted molar refractivity (Wildman–Crippen MR) is 58.7 cm³/mol. The molecule has 2 rings (SSSR count). The number of imidazole rings is 1. The minimum atomic E-state index is 0.929. The Morgan fingerprint density at radius 3 is 2.64 bits per heavy atom. The summed E-state index contributed by atoms with van der Waals surface area (Å²) in [6.07, 6.45) is 3.58. The van der Waals surface area contributed by atoms with Crippen molar-refractivity contribution in [1.29, 1.82) is 0 Å². The lowest BCUT2D eigenvalue weighted by atomic mass is 10.1. The van der Waals surface area contributed by atoms with E-state index in [2.05, 4.69) is 23.7 Å². The average Bonchev–Trinajstić information content (AvgIpc) is 2.61. The van der Waals surface area contributed by atoms with Crippen LogP contribution < -0.4 is 0 Å². The highest BCUT2D eigenvalue weighted by Crippen LogP contribution is 2.22. The van der Waals surface area contributed by atoms with E-state index in [0.29, 0.717) is 0 Å². The lowest BCUT2D eigenvalue weighted by Crippen LogP contribution is -1.90. The standard InChI is InChI=1S/C12H12N2/c1-3-11-12(14(2)9-13-11)10-7-5-4-6-8-10/h3-9H,1H2,2H3. The smallest absolute Gasteiger partial charge is 0.0955 e. The van der Waals surface area contributed by atoms with Crippen molar-refractivity contribution >= 4 is 6.08 Å². The van der Waals surface area contributed by atoms with Crippen molar-refractivity contribution in [2.45, 2.75) is 0 Å². The number of aryl methyl sites for hydroxylation is 1. The second-order valence-electron chi connectivity index (χ2n) is 3.16. The molecule has 2 aromatic rings. The maximum absolute atomic E-state index is 4.26. The van der Waals surface area contributed by atoms with Crippen LogP contribution in [-0.2, 0) is 7.05 Å². The molecule has 0 saturated carbocycles. The third kappa shape index (κ3) is 1.35. The zero-order valence-corrected chi connectivity index (χ0v) is 8.14. The Kier molecular flexibility index (Phi) is 2.19. The molecule has 14 heavy (non-hydrogen) atoms. The quantitative estimate of drug-likeness (QED) is 0.701. The molecule has 0 aliphatic carbocycles. The minimum absolute atomic E-state index is 0.929. The molecule has 2 nitrogen and oxygen atoms in total. The highest BCUT2D eigenvalue weighted by Gasteiger charge is 2.06. The summed E-state index contributed by atoms with van der Waals surface area (Å²) < 4.78 is 2.01. The van der Waals surface area contributed by atoms with Crippen LogP contribution in [0.3, 0.4) is 0 Å². The minimum Gasteiger partial charge on any atom is -0.333 e. The van der Waals surface area contributed by atoms with Gasteiger partial charge in [0, 0.05) is 12.6 Å². The van der Waals surface area contributed by atoms with Crippen LogP contribution in [0.25, 0.3) is 17.3 Å². The molecule has 0 bridgehead atoms. The number of hydrogen-bond donors (Lipinski definition) is 0. The highest BCUT2D eigenvalue weighted by atomic mass is 15.0. The van der Waals surface area contributed by atoms with E-state index < -0.39 is 0 Å². The summed E-state index contributed by atoms with van der Waals surface area (Å²) in [5, 5.41) is 0. The molecular weight excluding hydrogens is 172 g/mol. The lowest BCUT2D eigenvalue weighted by Gasteiger charge is -2.03. The van der Waals surface area contributed by atoms with E-state index in [1.165, 1.54) is 5.56 Å². The molecule has 2 heteroatoms. The summed E-state index contributed by atoms with van der Waals surface area (Å²) in [6.45, 7) is 3.75. The van der Waals surface area contributed by atoms with Gasteiger partial charge in [-0.3, -0.25) is 0 Å². The summed E-state index contributed by atoms with van der Waals surface area (Å²) in [6, 6.07) is 10.2. The van der Waals surface area contributed by atoms with Crippen LogP contribution in [-0.4, -0.2) is 9.55 Å². The molecule has 0 N–H and O–H groups in total. The van der Waals surface area contributed by atoms with E-state index in [1.807, 2.05) is 29.8 Å². The third-order valence-corrected chi connectivity index (χ3v) is 2.21. The summed E-state index contributed by atoms with van der Waals surface area (Å²) in [7, 11) is 1.99. The molecule has 0 radical (unpaired) electrons. The van der Waals surface area contributed by atoms with Crippen LogP contribution in [0, 0.1) is 0 Å². The van der Waals surface area contributed by atoms with Crippen LogP contribution in [0.5, 0.6) is 0 Å². The normalized spacial score (nSPS) is 10.1. The largest absolute Gasteiger partial charge is 0.333 e. The van der Waals surface area contributed by atoms with Gasteiger partial charge >= 0.3 is 0 Å². The predicted octanol–water partition coefficient (Wildman–Crippen LogP) is 2.73. The van der Waals surface area contributed by atoms with Gasteiger partial charge in [0.05, 0.1) is 17.7 Å². The summed E-state index contributed by atoms with van der Waals surface area (Å²) in [5.74, 6) is 0. The van der Waals surface area contributed by atoms with Crippen molar-refractivity contribution in [1.82, 2.24) is 9.55 Å². The molecule has 0 aliphatic heterocycles. The Balaban J connectivity index is 2.61.